The molecule has 0 fully saturated rings. The third-order valence-electron chi connectivity index (χ3n) is 5.06. The molecule has 0 atom stereocenters. The Kier molecular flexibility index (Phi) is 10.1. The van der Waals surface area contributed by atoms with Crippen molar-refractivity contribution in [3.63, 3.8) is 0 Å². The minimum Gasteiger partial charge on any atom is -0.326 e. The first-order valence-electron chi connectivity index (χ1n) is 11.0. The molecule has 0 bridgehead atoms. The molecule has 178 valence electrons. The summed E-state index contributed by atoms with van der Waals surface area (Å²) in [6, 6.07) is 12.5. The highest BCUT2D eigenvalue weighted by atomic mass is 19.4. The van der Waals surface area contributed by atoms with Crippen LogP contribution in [0.4, 0.5) is 24.5 Å². The van der Waals surface area contributed by atoms with Gasteiger partial charge in [-0.2, -0.15) is 13.2 Å². The van der Waals surface area contributed by atoms with Crippen molar-refractivity contribution < 1.29 is 27.6 Å². The standard InChI is InChI=1S/C25H29F3N2O3/c1-18-13-15-20(16-14-18)29-22(31)11-6-4-2-3-5-7-12-23(32)30-21-10-8-9-19(17-21)24(33)25(26,27)28/h8-10,13-17H,2-7,11-12H2,1H3,(H,29,31)(H,30,32). The number of unbranched alkanes of at least 4 members (excludes halogenated alkanes) is 5. The number of amides is 2. The Morgan fingerprint density at radius 3 is 1.79 bits per heavy atom. The number of ketones is 1. The van der Waals surface area contributed by atoms with E-state index in [4.69, 9.17) is 0 Å². The maximum Gasteiger partial charge on any atom is 0.454 e. The molecule has 2 aromatic carbocycles. The Labute approximate surface area is 191 Å². The Balaban J connectivity index is 1.55. The summed E-state index contributed by atoms with van der Waals surface area (Å²) in [5.74, 6) is -2.25. The van der Waals surface area contributed by atoms with Crippen LogP contribution in [0.15, 0.2) is 48.5 Å². The SMILES string of the molecule is Cc1ccc(NC(=O)CCCCCCCCC(=O)Nc2cccc(C(=O)C(F)(F)F)c2)cc1. The predicted molar refractivity (Wildman–Crippen MR) is 122 cm³/mol. The van der Waals surface area contributed by atoms with Crippen LogP contribution in [-0.4, -0.2) is 23.8 Å². The zero-order valence-corrected chi connectivity index (χ0v) is 18.6. The summed E-state index contributed by atoms with van der Waals surface area (Å²) >= 11 is 0. The summed E-state index contributed by atoms with van der Waals surface area (Å²) in [7, 11) is 0. The smallest absolute Gasteiger partial charge is 0.326 e. The van der Waals surface area contributed by atoms with E-state index in [0.29, 0.717) is 12.8 Å². The van der Waals surface area contributed by atoms with Crippen molar-refractivity contribution in [2.75, 3.05) is 10.6 Å². The maximum absolute atomic E-state index is 12.5. The number of hydrogen-bond donors (Lipinski definition) is 2. The summed E-state index contributed by atoms with van der Waals surface area (Å²) in [4.78, 5) is 35.2. The van der Waals surface area contributed by atoms with Gasteiger partial charge in [0.25, 0.3) is 5.78 Å². The molecule has 2 amide bonds. The second-order valence-corrected chi connectivity index (χ2v) is 7.99. The van der Waals surface area contributed by atoms with Crippen molar-refractivity contribution in [2.24, 2.45) is 0 Å². The molecule has 0 aromatic heterocycles. The fourth-order valence-electron chi connectivity index (χ4n) is 3.26. The monoisotopic (exact) mass is 462 g/mol. The molecule has 0 aliphatic heterocycles. The van der Waals surface area contributed by atoms with E-state index >= 15 is 0 Å². The van der Waals surface area contributed by atoms with Gasteiger partial charge in [0, 0.05) is 29.8 Å². The number of carbonyl (C=O) groups excluding carboxylic acids is 3. The van der Waals surface area contributed by atoms with Crippen molar-refractivity contribution in [3.8, 4) is 0 Å². The number of benzene rings is 2. The molecule has 33 heavy (non-hydrogen) atoms. The quantitative estimate of drug-likeness (QED) is 0.282. The minimum atomic E-state index is -4.95. The molecule has 0 saturated carbocycles. The molecule has 2 aromatic rings. The van der Waals surface area contributed by atoms with Crippen molar-refractivity contribution in [2.45, 2.75) is 64.5 Å². The molecule has 8 heteroatoms. The van der Waals surface area contributed by atoms with Crippen LogP contribution in [0.2, 0.25) is 0 Å². The van der Waals surface area contributed by atoms with E-state index < -0.39 is 17.5 Å². The fraction of sp³-hybridized carbons (Fsp3) is 0.400. The van der Waals surface area contributed by atoms with Crippen molar-refractivity contribution in [3.05, 3.63) is 59.7 Å². The third kappa shape index (κ3) is 9.89. The number of hydrogen-bond acceptors (Lipinski definition) is 3. The van der Waals surface area contributed by atoms with Crippen LogP contribution in [-0.2, 0) is 9.59 Å². The Morgan fingerprint density at radius 1 is 0.727 bits per heavy atom. The summed E-state index contributed by atoms with van der Waals surface area (Å²) in [5, 5.41) is 5.40. The molecule has 0 radical (unpaired) electrons. The minimum absolute atomic E-state index is 0.00322. The highest BCUT2D eigenvalue weighted by molar-refractivity contribution is 6.01. The van der Waals surface area contributed by atoms with E-state index in [0.717, 1.165) is 55.5 Å². The molecular formula is C25H29F3N2O3. The van der Waals surface area contributed by atoms with Crippen LogP contribution in [0, 0.1) is 6.92 Å². The van der Waals surface area contributed by atoms with Crippen molar-refractivity contribution >= 4 is 29.0 Å². The topological polar surface area (TPSA) is 75.3 Å². The van der Waals surface area contributed by atoms with E-state index in [1.165, 1.54) is 12.1 Å². The normalized spacial score (nSPS) is 11.2. The molecule has 0 saturated heterocycles. The highest BCUT2D eigenvalue weighted by Gasteiger charge is 2.39. The zero-order valence-electron chi connectivity index (χ0n) is 18.6. The molecule has 0 heterocycles. The number of alkyl halides is 3. The maximum atomic E-state index is 12.5. The molecule has 0 aliphatic carbocycles. The van der Waals surface area contributed by atoms with E-state index in [1.807, 2.05) is 31.2 Å². The van der Waals surface area contributed by atoms with Crippen molar-refractivity contribution in [1.82, 2.24) is 0 Å². The first-order valence-corrected chi connectivity index (χ1v) is 11.0. The van der Waals surface area contributed by atoms with E-state index in [-0.39, 0.29) is 23.9 Å². The van der Waals surface area contributed by atoms with Crippen LogP contribution in [0.3, 0.4) is 0 Å². The van der Waals surface area contributed by atoms with Gasteiger partial charge < -0.3 is 10.6 Å². The van der Waals surface area contributed by atoms with Crippen molar-refractivity contribution in [1.29, 1.82) is 0 Å². The lowest BCUT2D eigenvalue weighted by atomic mass is 10.1. The lowest BCUT2D eigenvalue weighted by Crippen LogP contribution is -2.22. The number of Topliss-reactive ketones (excluding diaryl/α,β-unsaturated/α-hetero) is 1. The lowest BCUT2D eigenvalue weighted by Gasteiger charge is -2.09. The van der Waals surface area contributed by atoms with Crippen LogP contribution in [0.5, 0.6) is 0 Å². The second-order valence-electron chi connectivity index (χ2n) is 7.99. The largest absolute Gasteiger partial charge is 0.454 e. The van der Waals surface area contributed by atoms with Gasteiger partial charge in [-0.25, -0.2) is 0 Å². The number of halogens is 3. The summed E-state index contributed by atoms with van der Waals surface area (Å²) in [5.41, 5.74) is 1.59. The number of aryl methyl sites for hydroxylation is 1. The average Bonchev–Trinajstić information content (AvgIpc) is 2.76. The molecule has 0 aliphatic rings. The first-order chi connectivity index (χ1) is 15.6. The highest BCUT2D eigenvalue weighted by Crippen LogP contribution is 2.23. The van der Waals surface area contributed by atoms with Gasteiger partial charge in [-0.15, -0.1) is 0 Å². The number of rotatable bonds is 12. The van der Waals surface area contributed by atoms with Gasteiger partial charge >= 0.3 is 6.18 Å². The lowest BCUT2D eigenvalue weighted by molar-refractivity contribution is -0.117. The van der Waals surface area contributed by atoms with E-state index in [9.17, 15) is 27.6 Å². The van der Waals surface area contributed by atoms with Gasteiger partial charge in [0.15, 0.2) is 0 Å². The van der Waals surface area contributed by atoms with Gasteiger partial charge in [0.1, 0.15) is 0 Å². The van der Waals surface area contributed by atoms with E-state index in [1.54, 1.807) is 0 Å². The summed E-state index contributed by atoms with van der Waals surface area (Å²) in [6.07, 6.45) is 0.870. The molecule has 2 N–H and O–H groups in total. The van der Waals surface area contributed by atoms with Crippen LogP contribution in [0.1, 0.15) is 67.3 Å². The molecular weight excluding hydrogens is 433 g/mol. The molecule has 0 unspecified atom stereocenters. The van der Waals surface area contributed by atoms with Gasteiger partial charge in [-0.05, 0) is 44.0 Å². The fourth-order valence-corrected chi connectivity index (χ4v) is 3.26. The second kappa shape index (κ2) is 12.8. The zero-order chi connectivity index (χ0) is 24.3. The average molecular weight is 463 g/mol. The van der Waals surface area contributed by atoms with Crippen LogP contribution in [0.25, 0.3) is 0 Å². The number of nitrogens with one attached hydrogen (secondary N) is 2. The summed E-state index contributed by atoms with van der Waals surface area (Å²) < 4.78 is 37.6. The van der Waals surface area contributed by atoms with Gasteiger partial charge in [0.05, 0.1) is 0 Å². The van der Waals surface area contributed by atoms with Gasteiger partial charge in [-0.1, -0.05) is 55.5 Å². The number of anilines is 2. The predicted octanol–water partition coefficient (Wildman–Crippen LogP) is 6.44. The molecule has 2 rings (SSSR count). The van der Waals surface area contributed by atoms with Gasteiger partial charge in [-0.3, -0.25) is 14.4 Å². The summed E-state index contributed by atoms with van der Waals surface area (Å²) in [6.45, 7) is 1.99. The third-order valence-corrected chi connectivity index (χ3v) is 5.06. The Morgan fingerprint density at radius 2 is 1.24 bits per heavy atom. The van der Waals surface area contributed by atoms with Gasteiger partial charge in [0.2, 0.25) is 11.8 Å². The first kappa shape index (κ1) is 26.1. The van der Waals surface area contributed by atoms with Crippen LogP contribution >= 0.6 is 0 Å². The van der Waals surface area contributed by atoms with E-state index in [2.05, 4.69) is 10.6 Å². The molecule has 5 nitrogen and oxygen atoms in total. The number of carbonyl (C=O) groups is 3. The Bertz CT molecular complexity index is 941. The van der Waals surface area contributed by atoms with Crippen LogP contribution < -0.4 is 10.6 Å². The molecule has 0 spiro atoms. The Hall–Kier alpha value is -3.16.